The van der Waals surface area contributed by atoms with E-state index in [2.05, 4.69) is 18.3 Å². The lowest BCUT2D eigenvalue weighted by Crippen LogP contribution is -2.46. The van der Waals surface area contributed by atoms with Gasteiger partial charge >= 0.3 is 0 Å². The highest BCUT2D eigenvalue weighted by molar-refractivity contribution is 5.83. The Morgan fingerprint density at radius 2 is 2.33 bits per heavy atom. The largest absolute Gasteiger partial charge is 0.383 e. The normalized spacial score (nSPS) is 22.7. The summed E-state index contributed by atoms with van der Waals surface area (Å²) >= 11 is 0. The van der Waals surface area contributed by atoms with Gasteiger partial charge in [0.1, 0.15) is 0 Å². The van der Waals surface area contributed by atoms with Gasteiger partial charge in [0.2, 0.25) is 5.91 Å². The number of carbonyl (C=O) groups excluding carboxylic acids is 1. The first-order valence-corrected chi connectivity index (χ1v) is 6.56. The van der Waals surface area contributed by atoms with Gasteiger partial charge in [-0.2, -0.15) is 5.26 Å². The summed E-state index contributed by atoms with van der Waals surface area (Å²) in [4.78, 5) is 14.4. The quantitative estimate of drug-likeness (QED) is 0.727. The number of amides is 1. The Labute approximate surface area is 109 Å². The van der Waals surface area contributed by atoms with Gasteiger partial charge in [0.05, 0.1) is 24.5 Å². The molecule has 1 atom stereocenters. The van der Waals surface area contributed by atoms with Crippen molar-refractivity contribution in [2.75, 3.05) is 39.9 Å². The lowest BCUT2D eigenvalue weighted by molar-refractivity contribution is -0.142. The number of nitrogens with one attached hydrogen (secondary N) is 1. The van der Waals surface area contributed by atoms with Crippen molar-refractivity contribution < 1.29 is 9.53 Å². The van der Waals surface area contributed by atoms with Crippen LogP contribution < -0.4 is 5.32 Å². The summed E-state index contributed by atoms with van der Waals surface area (Å²) in [7, 11) is 1.62. The predicted octanol–water partition coefficient (Wildman–Crippen LogP) is 0.765. The Morgan fingerprint density at radius 1 is 1.56 bits per heavy atom. The number of nitriles is 1. The topological polar surface area (TPSA) is 65.4 Å². The molecule has 0 radical (unpaired) electrons. The van der Waals surface area contributed by atoms with Crippen LogP contribution in [0.2, 0.25) is 0 Å². The van der Waals surface area contributed by atoms with E-state index in [0.717, 1.165) is 25.9 Å². The summed E-state index contributed by atoms with van der Waals surface area (Å²) in [6, 6.07) is 2.10. The average Bonchev–Trinajstić information content (AvgIpc) is 2.88. The fourth-order valence-corrected chi connectivity index (χ4v) is 2.42. The molecule has 1 unspecified atom stereocenters. The maximum absolute atomic E-state index is 12.6. The van der Waals surface area contributed by atoms with Gasteiger partial charge in [-0.3, -0.25) is 4.79 Å². The number of rotatable bonds is 7. The minimum absolute atomic E-state index is 0.169. The first-order chi connectivity index (χ1) is 8.70. The smallest absolute Gasteiger partial charge is 0.230 e. The van der Waals surface area contributed by atoms with E-state index in [1.165, 1.54) is 0 Å². The van der Waals surface area contributed by atoms with Crippen LogP contribution in [0.3, 0.4) is 0 Å². The molecule has 18 heavy (non-hydrogen) atoms. The number of methoxy groups -OCH3 is 1. The van der Waals surface area contributed by atoms with Crippen LogP contribution in [-0.2, 0) is 9.53 Å². The Bertz CT molecular complexity index is 306. The number of hydrogen-bond donors (Lipinski definition) is 1. The molecular weight excluding hydrogens is 230 g/mol. The minimum Gasteiger partial charge on any atom is -0.383 e. The second-order valence-corrected chi connectivity index (χ2v) is 4.75. The van der Waals surface area contributed by atoms with Gasteiger partial charge in [-0.25, -0.2) is 0 Å². The Morgan fingerprint density at radius 3 is 2.83 bits per heavy atom. The van der Waals surface area contributed by atoms with E-state index >= 15 is 0 Å². The highest BCUT2D eigenvalue weighted by atomic mass is 16.5. The van der Waals surface area contributed by atoms with E-state index < -0.39 is 0 Å². The minimum atomic E-state index is -0.275. The Balaban J connectivity index is 2.70. The number of nitrogens with zero attached hydrogens (tertiary/aromatic N) is 2. The highest BCUT2D eigenvalue weighted by Gasteiger charge is 2.41. The van der Waals surface area contributed by atoms with Gasteiger partial charge < -0.3 is 15.0 Å². The fraction of sp³-hybridized carbons (Fsp3) is 0.846. The van der Waals surface area contributed by atoms with Crippen LogP contribution in [-0.4, -0.2) is 50.7 Å². The molecule has 1 amide bonds. The maximum atomic E-state index is 12.6. The molecule has 0 spiro atoms. The van der Waals surface area contributed by atoms with Crippen molar-refractivity contribution in [2.24, 2.45) is 5.41 Å². The van der Waals surface area contributed by atoms with Crippen LogP contribution in [0.5, 0.6) is 0 Å². The number of hydrogen-bond acceptors (Lipinski definition) is 4. The summed E-state index contributed by atoms with van der Waals surface area (Å²) in [5.74, 6) is 0.169. The molecule has 0 bridgehead atoms. The van der Waals surface area contributed by atoms with Crippen LogP contribution in [0.25, 0.3) is 0 Å². The average molecular weight is 253 g/mol. The number of carbonyl (C=O) groups is 1. The first-order valence-electron chi connectivity index (χ1n) is 6.56. The van der Waals surface area contributed by atoms with Crippen molar-refractivity contribution >= 4 is 5.91 Å². The molecule has 0 aromatic carbocycles. The van der Waals surface area contributed by atoms with Crippen LogP contribution >= 0.6 is 0 Å². The molecule has 5 nitrogen and oxygen atoms in total. The van der Waals surface area contributed by atoms with Crippen molar-refractivity contribution in [3.8, 4) is 6.07 Å². The zero-order chi connectivity index (χ0) is 13.4. The van der Waals surface area contributed by atoms with E-state index in [4.69, 9.17) is 10.00 Å². The third-order valence-electron chi connectivity index (χ3n) is 3.72. The standard InChI is InChI=1S/C13H23N3O2/c1-3-13(5-7-15-11-13)12(17)16(8-4-6-14)9-10-18-2/h15H,3-5,7-11H2,1-2H3. The molecule has 5 heteroatoms. The van der Waals surface area contributed by atoms with Crippen molar-refractivity contribution in [2.45, 2.75) is 26.2 Å². The fourth-order valence-electron chi connectivity index (χ4n) is 2.42. The van der Waals surface area contributed by atoms with Crippen LogP contribution in [0.4, 0.5) is 0 Å². The first kappa shape index (κ1) is 14.9. The van der Waals surface area contributed by atoms with Crippen LogP contribution in [0, 0.1) is 16.7 Å². The summed E-state index contributed by atoms with van der Waals surface area (Å²) in [6.45, 7) is 5.29. The Hall–Kier alpha value is -1.12. The molecule has 1 N–H and O–H groups in total. The molecule has 0 aromatic heterocycles. The van der Waals surface area contributed by atoms with Gasteiger partial charge in [0.15, 0.2) is 0 Å². The second kappa shape index (κ2) is 7.34. The second-order valence-electron chi connectivity index (χ2n) is 4.75. The van der Waals surface area contributed by atoms with Crippen LogP contribution in [0.15, 0.2) is 0 Å². The molecule has 0 aromatic rings. The molecule has 0 aliphatic carbocycles. The van der Waals surface area contributed by atoms with Crippen molar-refractivity contribution in [3.63, 3.8) is 0 Å². The van der Waals surface area contributed by atoms with E-state index in [9.17, 15) is 4.79 Å². The van der Waals surface area contributed by atoms with Gasteiger partial charge in [-0.15, -0.1) is 0 Å². The van der Waals surface area contributed by atoms with Gasteiger partial charge in [0.25, 0.3) is 0 Å². The third kappa shape index (κ3) is 3.44. The highest BCUT2D eigenvalue weighted by Crippen LogP contribution is 2.31. The van der Waals surface area contributed by atoms with Gasteiger partial charge in [-0.05, 0) is 19.4 Å². The summed E-state index contributed by atoms with van der Waals surface area (Å²) < 4.78 is 5.04. The van der Waals surface area contributed by atoms with Crippen LogP contribution in [0.1, 0.15) is 26.2 Å². The number of ether oxygens (including phenoxy) is 1. The third-order valence-corrected chi connectivity index (χ3v) is 3.72. The molecular formula is C13H23N3O2. The molecule has 1 heterocycles. The Kier molecular flexibility index (Phi) is 6.10. The molecule has 1 aliphatic rings. The van der Waals surface area contributed by atoms with Crippen molar-refractivity contribution in [1.29, 1.82) is 5.26 Å². The molecule has 102 valence electrons. The van der Waals surface area contributed by atoms with Gasteiger partial charge in [0, 0.05) is 26.7 Å². The lowest BCUT2D eigenvalue weighted by atomic mass is 9.82. The molecule has 0 saturated carbocycles. The zero-order valence-electron chi connectivity index (χ0n) is 11.4. The summed E-state index contributed by atoms with van der Waals surface area (Å²) in [5.41, 5.74) is -0.275. The molecule has 1 fully saturated rings. The monoisotopic (exact) mass is 253 g/mol. The summed E-state index contributed by atoms with van der Waals surface area (Å²) in [6.07, 6.45) is 2.11. The molecule has 1 saturated heterocycles. The lowest BCUT2D eigenvalue weighted by Gasteiger charge is -2.32. The van der Waals surface area contributed by atoms with E-state index in [1.807, 2.05) is 0 Å². The zero-order valence-corrected chi connectivity index (χ0v) is 11.4. The molecule has 1 rings (SSSR count). The van der Waals surface area contributed by atoms with Crippen molar-refractivity contribution in [1.82, 2.24) is 10.2 Å². The van der Waals surface area contributed by atoms with E-state index in [1.54, 1.807) is 12.0 Å². The van der Waals surface area contributed by atoms with Gasteiger partial charge in [-0.1, -0.05) is 6.92 Å². The summed E-state index contributed by atoms with van der Waals surface area (Å²) in [5, 5.41) is 11.9. The van der Waals surface area contributed by atoms with Crippen molar-refractivity contribution in [3.05, 3.63) is 0 Å². The predicted molar refractivity (Wildman–Crippen MR) is 68.9 cm³/mol. The van der Waals surface area contributed by atoms with E-state index in [-0.39, 0.29) is 11.3 Å². The van der Waals surface area contributed by atoms with E-state index in [0.29, 0.717) is 26.1 Å². The SMILES string of the molecule is CCC1(C(=O)N(CCC#N)CCOC)CCNC1. The molecule has 1 aliphatic heterocycles. The maximum Gasteiger partial charge on any atom is 0.230 e.